The van der Waals surface area contributed by atoms with E-state index in [0.717, 1.165) is 32.4 Å². The molecule has 1 aliphatic heterocycles. The lowest BCUT2D eigenvalue weighted by Gasteiger charge is -2.27. The molecule has 0 radical (unpaired) electrons. The Morgan fingerprint density at radius 2 is 1.47 bits per heavy atom. The topological polar surface area (TPSA) is 81.2 Å². The summed E-state index contributed by atoms with van der Waals surface area (Å²) in [4.78, 5) is 43.3. The third-order valence-electron chi connectivity index (χ3n) is 6.82. The number of carbonyl (C=O) groups excluding carboxylic acids is 2. The first kappa shape index (κ1) is 29.7. The van der Waals surface area contributed by atoms with Crippen LogP contribution in [0.15, 0.2) is 102 Å². The van der Waals surface area contributed by atoms with Gasteiger partial charge in [0.15, 0.2) is 0 Å². The predicted molar refractivity (Wildman–Crippen MR) is 160 cm³/mol. The third-order valence-corrected chi connectivity index (χ3v) is 7.89. The highest BCUT2D eigenvalue weighted by Gasteiger charge is 2.41. The smallest absolute Gasteiger partial charge is 0.416 e. The maximum atomic E-state index is 14.1. The van der Waals surface area contributed by atoms with Crippen LogP contribution in [0.5, 0.6) is 0 Å². The number of benzene rings is 4. The third kappa shape index (κ3) is 6.36. The summed E-state index contributed by atoms with van der Waals surface area (Å²) in [6.07, 6.45) is -4.73. The Morgan fingerprint density at radius 1 is 0.767 bits per heavy atom. The molecule has 4 amide bonds. The van der Waals surface area contributed by atoms with Crippen LogP contribution in [0.2, 0.25) is 0 Å². The van der Waals surface area contributed by atoms with Gasteiger partial charge in [0.2, 0.25) is 0 Å². The molecule has 43 heavy (non-hydrogen) atoms. The summed E-state index contributed by atoms with van der Waals surface area (Å²) in [5.74, 6) is -0.367. The normalized spacial score (nSPS) is 13.6. The van der Waals surface area contributed by atoms with E-state index in [4.69, 9.17) is 5.11 Å². The maximum absolute atomic E-state index is 14.1. The second-order valence-electron chi connectivity index (χ2n) is 9.69. The van der Waals surface area contributed by atoms with Crippen LogP contribution >= 0.6 is 11.8 Å². The molecule has 0 aromatic heterocycles. The number of rotatable bonds is 8. The second kappa shape index (κ2) is 12.2. The van der Waals surface area contributed by atoms with E-state index in [-0.39, 0.29) is 30.0 Å². The van der Waals surface area contributed by atoms with Crippen molar-refractivity contribution in [3.63, 3.8) is 0 Å². The molecule has 1 heterocycles. The number of aliphatic carboxylic acids is 1. The first-order valence-corrected chi connectivity index (χ1v) is 14.3. The van der Waals surface area contributed by atoms with E-state index >= 15 is 0 Å². The number of para-hydroxylation sites is 1. The van der Waals surface area contributed by atoms with Gasteiger partial charge in [0.1, 0.15) is 0 Å². The fourth-order valence-corrected chi connectivity index (χ4v) is 5.73. The first-order chi connectivity index (χ1) is 20.6. The van der Waals surface area contributed by atoms with Crippen LogP contribution in [-0.2, 0) is 23.1 Å². The van der Waals surface area contributed by atoms with Crippen molar-refractivity contribution in [1.82, 2.24) is 0 Å². The Hall–Kier alpha value is -4.77. The van der Waals surface area contributed by atoms with Crippen molar-refractivity contribution in [2.45, 2.75) is 30.2 Å². The highest BCUT2D eigenvalue weighted by atomic mass is 32.2. The van der Waals surface area contributed by atoms with Gasteiger partial charge in [0.25, 0.3) is 0 Å². The lowest BCUT2D eigenvalue weighted by Crippen LogP contribution is -2.48. The van der Waals surface area contributed by atoms with E-state index in [1.54, 1.807) is 73.7 Å². The lowest BCUT2D eigenvalue weighted by atomic mass is 10.1. The Bertz CT molecular complexity index is 1660. The minimum Gasteiger partial charge on any atom is -0.481 e. The van der Waals surface area contributed by atoms with Crippen molar-refractivity contribution in [3.05, 3.63) is 114 Å². The monoisotopic (exact) mass is 605 g/mol. The first-order valence-electron chi connectivity index (χ1n) is 13.3. The van der Waals surface area contributed by atoms with Gasteiger partial charge in [-0.2, -0.15) is 13.2 Å². The van der Waals surface area contributed by atoms with Crippen molar-refractivity contribution in [3.8, 4) is 0 Å². The lowest BCUT2D eigenvalue weighted by molar-refractivity contribution is -0.138. The Labute approximate surface area is 250 Å². The quantitative estimate of drug-likeness (QED) is 0.204. The summed E-state index contributed by atoms with van der Waals surface area (Å²) in [6, 6.07) is 23.8. The van der Waals surface area contributed by atoms with Crippen LogP contribution in [0.4, 0.5) is 45.5 Å². The van der Waals surface area contributed by atoms with Gasteiger partial charge >= 0.3 is 24.2 Å². The van der Waals surface area contributed by atoms with Crippen LogP contribution in [0.3, 0.4) is 0 Å². The molecule has 4 aromatic carbocycles. The number of carboxylic acid groups (broad SMARTS) is 1. The molecule has 0 saturated heterocycles. The van der Waals surface area contributed by atoms with Crippen molar-refractivity contribution in [2.75, 3.05) is 21.2 Å². The number of hydrogen-bond donors (Lipinski definition) is 1. The number of amides is 4. The minimum atomic E-state index is -4.65. The Balaban J connectivity index is 1.48. The fraction of sp³-hybridized carbons (Fsp3) is 0.156. The molecule has 0 spiro atoms. The van der Waals surface area contributed by atoms with Gasteiger partial charge in [-0.3, -0.25) is 14.6 Å². The highest BCUT2D eigenvalue weighted by molar-refractivity contribution is 7.98. The number of carboxylic acids is 1. The van der Waals surface area contributed by atoms with Gasteiger partial charge in [-0.15, -0.1) is 11.8 Å². The van der Waals surface area contributed by atoms with E-state index < -0.39 is 29.8 Å². The number of carbonyl (C=O) groups is 3. The van der Waals surface area contributed by atoms with Crippen LogP contribution in [0, 0.1) is 0 Å². The fourth-order valence-electron chi connectivity index (χ4n) is 4.80. The molecule has 0 aliphatic carbocycles. The summed E-state index contributed by atoms with van der Waals surface area (Å²) < 4.78 is 41.2. The average Bonchev–Trinajstić information content (AvgIpc) is 3.06. The van der Waals surface area contributed by atoms with Gasteiger partial charge < -0.3 is 5.11 Å². The van der Waals surface area contributed by atoms with Crippen LogP contribution < -0.4 is 14.7 Å². The summed E-state index contributed by atoms with van der Waals surface area (Å²) >= 11 is 1.51. The van der Waals surface area contributed by atoms with Gasteiger partial charge in [-0.25, -0.2) is 14.5 Å². The molecule has 0 fully saturated rings. The van der Waals surface area contributed by atoms with E-state index in [1.807, 2.05) is 12.1 Å². The average molecular weight is 606 g/mol. The van der Waals surface area contributed by atoms with Crippen molar-refractivity contribution in [1.29, 1.82) is 0 Å². The van der Waals surface area contributed by atoms with E-state index in [2.05, 4.69) is 0 Å². The molecule has 1 aliphatic rings. The van der Waals surface area contributed by atoms with E-state index in [0.29, 0.717) is 17.0 Å². The largest absolute Gasteiger partial charge is 0.481 e. The number of nitrogens with zero attached hydrogens (tertiary/aromatic N) is 3. The van der Waals surface area contributed by atoms with Crippen LogP contribution in [0.25, 0.3) is 0 Å². The van der Waals surface area contributed by atoms with Gasteiger partial charge in [-0.1, -0.05) is 42.5 Å². The number of hydrogen-bond acceptors (Lipinski definition) is 4. The van der Waals surface area contributed by atoms with Crippen molar-refractivity contribution < 1.29 is 32.7 Å². The predicted octanol–water partition coefficient (Wildman–Crippen LogP) is 8.35. The molecule has 11 heteroatoms. The molecular weight excluding hydrogens is 579 g/mol. The minimum absolute atomic E-state index is 0.0538. The number of thioether (sulfide) groups is 1. The molecule has 0 unspecified atom stereocenters. The maximum Gasteiger partial charge on any atom is 0.416 e. The number of imide groups is 1. The van der Waals surface area contributed by atoms with Gasteiger partial charge in [0.05, 0.1) is 34.7 Å². The molecule has 4 aromatic rings. The zero-order chi connectivity index (χ0) is 30.7. The summed E-state index contributed by atoms with van der Waals surface area (Å²) in [5, 5.41) is 9.05. The molecule has 0 saturated carbocycles. The van der Waals surface area contributed by atoms with Gasteiger partial charge in [0, 0.05) is 17.2 Å². The molecule has 0 atom stereocenters. The SMILES string of the molecule is CCN1C(=O)N(c2ccc(CSc3cccc(CC(=O)O)c3)cc2)C(=O)N(c2ccccc2)c2cc(C(F)(F)F)ccc21. The zero-order valence-electron chi connectivity index (χ0n) is 22.9. The molecular formula is C32H26F3N3O4S. The second-order valence-corrected chi connectivity index (χ2v) is 10.7. The number of alkyl halides is 3. The zero-order valence-corrected chi connectivity index (χ0v) is 23.7. The molecule has 5 rings (SSSR count). The van der Waals surface area contributed by atoms with E-state index in [9.17, 15) is 27.6 Å². The highest BCUT2D eigenvalue weighted by Crippen LogP contribution is 2.43. The number of urea groups is 2. The summed E-state index contributed by atoms with van der Waals surface area (Å²) in [6.45, 7) is 1.80. The molecule has 220 valence electrons. The molecule has 0 bridgehead atoms. The van der Waals surface area contributed by atoms with Crippen molar-refractivity contribution >= 4 is 52.5 Å². The number of fused-ring (bicyclic) bond motifs is 1. The van der Waals surface area contributed by atoms with Crippen molar-refractivity contribution in [2.24, 2.45) is 0 Å². The summed E-state index contributed by atoms with van der Waals surface area (Å²) in [7, 11) is 0. The number of halogens is 3. The van der Waals surface area contributed by atoms with Crippen LogP contribution in [-0.4, -0.2) is 29.7 Å². The molecule has 7 nitrogen and oxygen atoms in total. The summed E-state index contributed by atoms with van der Waals surface area (Å²) in [5.41, 5.74) is 1.33. The number of anilines is 4. The Kier molecular flexibility index (Phi) is 8.45. The van der Waals surface area contributed by atoms with E-state index in [1.165, 1.54) is 22.7 Å². The van der Waals surface area contributed by atoms with Crippen LogP contribution in [0.1, 0.15) is 23.6 Å². The Morgan fingerprint density at radius 3 is 2.12 bits per heavy atom. The standard InChI is InChI=1S/C32H26F3N3O4S/c1-2-36-27-16-13-23(32(33,34)35)19-28(27)37(24-8-4-3-5-9-24)31(42)38(30(36)41)25-14-11-21(12-15-25)20-43-26-10-6-7-22(17-26)18-29(39)40/h3-17,19H,2,18,20H2,1H3,(H,39,40). The molecule has 1 N–H and O–H groups in total. The van der Waals surface area contributed by atoms with Gasteiger partial charge in [-0.05, 0) is 72.6 Å².